The number of fused-ring (bicyclic) bond motifs is 1. The quantitative estimate of drug-likeness (QED) is 0.443. The lowest BCUT2D eigenvalue weighted by molar-refractivity contribution is -0.120. The summed E-state index contributed by atoms with van der Waals surface area (Å²) in [6, 6.07) is 12.6. The summed E-state index contributed by atoms with van der Waals surface area (Å²) in [5, 5.41) is 12.5. The molecule has 1 aliphatic rings. The molecule has 0 aromatic heterocycles. The number of para-hydroxylation sites is 2. The van der Waals surface area contributed by atoms with E-state index >= 15 is 0 Å². The van der Waals surface area contributed by atoms with Crippen LogP contribution in [0.1, 0.15) is 23.2 Å². The van der Waals surface area contributed by atoms with E-state index in [1.54, 1.807) is 38.0 Å². The van der Waals surface area contributed by atoms with Crippen LogP contribution in [0.3, 0.4) is 0 Å². The van der Waals surface area contributed by atoms with Crippen molar-refractivity contribution >= 4 is 34.7 Å². The van der Waals surface area contributed by atoms with Gasteiger partial charge in [-0.3, -0.25) is 14.4 Å². The molecular weight excluding hydrogens is 462 g/mol. The van der Waals surface area contributed by atoms with Gasteiger partial charge >= 0.3 is 0 Å². The van der Waals surface area contributed by atoms with Crippen molar-refractivity contribution in [3.63, 3.8) is 0 Å². The molecule has 1 heterocycles. The average Bonchev–Trinajstić information content (AvgIpc) is 3.12. The second kappa shape index (κ2) is 10.8. The minimum absolute atomic E-state index is 0.0291. The molecule has 3 rings (SSSR count). The van der Waals surface area contributed by atoms with Crippen molar-refractivity contribution in [3.8, 4) is 17.6 Å². The Morgan fingerprint density at radius 3 is 2.03 bits per heavy atom. The van der Waals surface area contributed by atoms with Crippen LogP contribution in [0.5, 0.6) is 11.5 Å². The lowest BCUT2D eigenvalue weighted by atomic mass is 10.1. The van der Waals surface area contributed by atoms with Crippen molar-refractivity contribution in [3.05, 3.63) is 53.4 Å². The maximum atomic E-state index is 13.0. The van der Waals surface area contributed by atoms with Crippen molar-refractivity contribution in [2.75, 3.05) is 57.5 Å². The topological polar surface area (TPSA) is 115 Å². The Morgan fingerprint density at radius 1 is 0.972 bits per heavy atom. The van der Waals surface area contributed by atoms with Crippen molar-refractivity contribution < 1.29 is 23.9 Å². The van der Waals surface area contributed by atoms with Gasteiger partial charge in [-0.25, -0.2) is 0 Å². The summed E-state index contributed by atoms with van der Waals surface area (Å²) in [5.74, 6) is -0.142. The molecular formula is C26H29N5O5. The third-order valence-corrected chi connectivity index (χ3v) is 5.87. The van der Waals surface area contributed by atoms with Crippen molar-refractivity contribution in [2.45, 2.75) is 12.8 Å². The lowest BCUT2D eigenvalue weighted by Crippen LogP contribution is -2.27. The number of methoxy groups -OCH3 is 2. The molecule has 1 N–H and O–H groups in total. The van der Waals surface area contributed by atoms with E-state index in [2.05, 4.69) is 5.32 Å². The summed E-state index contributed by atoms with van der Waals surface area (Å²) >= 11 is 0. The molecule has 2 aromatic carbocycles. The predicted molar refractivity (Wildman–Crippen MR) is 136 cm³/mol. The number of hydrogen-bond donors (Lipinski definition) is 1. The highest BCUT2D eigenvalue weighted by atomic mass is 16.5. The number of anilines is 3. The fourth-order valence-electron chi connectivity index (χ4n) is 4.02. The molecule has 36 heavy (non-hydrogen) atoms. The van der Waals surface area contributed by atoms with Gasteiger partial charge in [0.15, 0.2) is 17.3 Å². The summed E-state index contributed by atoms with van der Waals surface area (Å²) in [7, 11) is 9.66. The first-order valence-corrected chi connectivity index (χ1v) is 11.2. The number of ketones is 1. The number of rotatable bonds is 8. The first-order valence-electron chi connectivity index (χ1n) is 11.2. The van der Waals surface area contributed by atoms with Gasteiger partial charge in [0.05, 0.1) is 36.8 Å². The van der Waals surface area contributed by atoms with Crippen LogP contribution in [-0.4, -0.2) is 64.9 Å². The number of allylic oxidation sites excluding steroid dienone is 1. The first kappa shape index (κ1) is 26.1. The monoisotopic (exact) mass is 491 g/mol. The van der Waals surface area contributed by atoms with Crippen LogP contribution < -0.4 is 24.6 Å². The van der Waals surface area contributed by atoms with Gasteiger partial charge < -0.3 is 29.5 Å². The Balaban J connectivity index is 1.80. The molecule has 0 fully saturated rings. The Kier molecular flexibility index (Phi) is 7.84. The van der Waals surface area contributed by atoms with Gasteiger partial charge in [-0.1, -0.05) is 12.1 Å². The zero-order valence-electron chi connectivity index (χ0n) is 21.2. The van der Waals surface area contributed by atoms with Crippen molar-refractivity contribution in [1.82, 2.24) is 4.90 Å². The number of amides is 2. The van der Waals surface area contributed by atoms with E-state index in [-0.39, 0.29) is 35.6 Å². The summed E-state index contributed by atoms with van der Waals surface area (Å²) in [6.07, 6.45) is -0.359. The zero-order chi connectivity index (χ0) is 26.6. The van der Waals surface area contributed by atoms with E-state index in [4.69, 9.17) is 9.47 Å². The van der Waals surface area contributed by atoms with Gasteiger partial charge in [-0.2, -0.15) is 5.26 Å². The third-order valence-electron chi connectivity index (χ3n) is 5.87. The second-order valence-electron chi connectivity index (χ2n) is 8.34. The molecule has 0 bridgehead atoms. The number of carbonyl (C=O) groups excluding carboxylic acids is 3. The van der Waals surface area contributed by atoms with E-state index < -0.39 is 11.7 Å². The van der Waals surface area contributed by atoms with E-state index in [9.17, 15) is 19.6 Å². The average molecular weight is 492 g/mol. The van der Waals surface area contributed by atoms with Gasteiger partial charge in [0.25, 0.3) is 5.91 Å². The van der Waals surface area contributed by atoms with E-state index in [1.165, 1.54) is 31.3 Å². The molecule has 0 radical (unpaired) electrons. The summed E-state index contributed by atoms with van der Waals surface area (Å²) in [6.45, 7) is 0. The number of ether oxygens (including phenoxy) is 2. The van der Waals surface area contributed by atoms with Crippen LogP contribution in [0.4, 0.5) is 17.1 Å². The Labute approximate surface area is 210 Å². The molecule has 0 aliphatic carbocycles. The standard InChI is InChI=1S/C26H29N5O5/c1-29(2)26(34)16-13-22(35-5)23(36-6)14-18(16)28-24(33)12-11-21(32)17(15-27)25-30(3)19-9-7-8-10-20(19)31(25)4/h7-10,13-14H,11-12H2,1-6H3,(H,28,33). The minimum atomic E-state index is -0.484. The molecule has 10 nitrogen and oxygen atoms in total. The lowest BCUT2D eigenvalue weighted by Gasteiger charge is -2.20. The third kappa shape index (κ3) is 4.95. The highest BCUT2D eigenvalue weighted by Crippen LogP contribution is 2.40. The maximum Gasteiger partial charge on any atom is 0.255 e. The Morgan fingerprint density at radius 2 is 1.53 bits per heavy atom. The van der Waals surface area contributed by atoms with Crippen LogP contribution in [-0.2, 0) is 9.59 Å². The highest BCUT2D eigenvalue weighted by Gasteiger charge is 2.31. The van der Waals surface area contributed by atoms with Crippen molar-refractivity contribution in [1.29, 1.82) is 5.26 Å². The van der Waals surface area contributed by atoms with Crippen LogP contribution in [0.15, 0.2) is 47.8 Å². The predicted octanol–water partition coefficient (Wildman–Crippen LogP) is 3.01. The van der Waals surface area contributed by atoms with Crippen LogP contribution in [0.2, 0.25) is 0 Å². The summed E-state index contributed by atoms with van der Waals surface area (Å²) in [4.78, 5) is 43.4. The van der Waals surface area contributed by atoms with E-state index in [0.29, 0.717) is 17.3 Å². The molecule has 0 spiro atoms. The number of nitrogens with zero attached hydrogens (tertiary/aromatic N) is 4. The molecule has 0 atom stereocenters. The Bertz CT molecular complexity index is 1250. The first-order chi connectivity index (χ1) is 17.1. The number of nitriles is 1. The molecule has 0 saturated heterocycles. The van der Waals surface area contributed by atoms with Gasteiger partial charge in [0.1, 0.15) is 17.5 Å². The second-order valence-corrected chi connectivity index (χ2v) is 8.34. The normalized spacial score (nSPS) is 12.0. The van der Waals surface area contributed by atoms with E-state index in [1.807, 2.05) is 30.3 Å². The smallest absolute Gasteiger partial charge is 0.255 e. The van der Waals surface area contributed by atoms with Crippen LogP contribution in [0, 0.1) is 11.3 Å². The fourth-order valence-corrected chi connectivity index (χ4v) is 4.02. The van der Waals surface area contributed by atoms with Gasteiger partial charge in [0.2, 0.25) is 5.91 Å². The molecule has 188 valence electrons. The summed E-state index contributed by atoms with van der Waals surface area (Å²) < 4.78 is 10.6. The number of Topliss-reactive ketones (excluding diaryl/α,β-unsaturated/α-hetero) is 1. The van der Waals surface area contributed by atoms with Gasteiger partial charge in [0, 0.05) is 47.1 Å². The number of nitrogens with one attached hydrogen (secondary N) is 1. The van der Waals surface area contributed by atoms with Gasteiger partial charge in [-0.15, -0.1) is 0 Å². The fraction of sp³-hybridized carbons (Fsp3) is 0.308. The van der Waals surface area contributed by atoms with E-state index in [0.717, 1.165) is 11.4 Å². The van der Waals surface area contributed by atoms with Crippen molar-refractivity contribution in [2.24, 2.45) is 0 Å². The molecule has 2 amide bonds. The van der Waals surface area contributed by atoms with Crippen LogP contribution >= 0.6 is 0 Å². The highest BCUT2D eigenvalue weighted by molar-refractivity contribution is 6.07. The van der Waals surface area contributed by atoms with Gasteiger partial charge in [-0.05, 0) is 18.2 Å². The maximum absolute atomic E-state index is 13.0. The molecule has 10 heteroatoms. The molecule has 2 aromatic rings. The number of hydrogen-bond acceptors (Lipinski definition) is 8. The minimum Gasteiger partial charge on any atom is -0.493 e. The number of carbonyl (C=O) groups is 3. The number of benzene rings is 2. The SMILES string of the molecule is COc1cc(NC(=O)CCC(=O)C(C#N)=C2N(C)c3ccccc3N2C)c(C(=O)N(C)C)cc1OC. The molecule has 0 unspecified atom stereocenters. The van der Waals surface area contributed by atoms with Crippen LogP contribution in [0.25, 0.3) is 0 Å². The largest absolute Gasteiger partial charge is 0.493 e. The zero-order valence-corrected chi connectivity index (χ0v) is 21.2. The molecule has 1 aliphatic heterocycles. The molecule has 0 saturated carbocycles. The Hall–Kier alpha value is -4.52. The summed E-state index contributed by atoms with van der Waals surface area (Å²) in [5.41, 5.74) is 2.16.